The molecule has 1 fully saturated rings. The van der Waals surface area contributed by atoms with Crippen LogP contribution < -0.4 is 5.32 Å². The van der Waals surface area contributed by atoms with Crippen molar-refractivity contribution in [3.05, 3.63) is 101 Å². The average Bonchev–Trinajstić information content (AvgIpc) is 3.19. The van der Waals surface area contributed by atoms with Gasteiger partial charge < -0.3 is 19.9 Å². The van der Waals surface area contributed by atoms with Gasteiger partial charge in [-0.3, -0.25) is 14.5 Å². The Morgan fingerprint density at radius 3 is 2.33 bits per heavy atom. The van der Waals surface area contributed by atoms with Gasteiger partial charge in [0, 0.05) is 68.8 Å². The van der Waals surface area contributed by atoms with E-state index < -0.39 is 0 Å². The van der Waals surface area contributed by atoms with Crippen molar-refractivity contribution in [1.82, 2.24) is 14.7 Å². The molecule has 0 bridgehead atoms. The maximum absolute atomic E-state index is 13.1. The third-order valence-corrected chi connectivity index (χ3v) is 6.94. The molecule has 2 aliphatic heterocycles. The van der Waals surface area contributed by atoms with Gasteiger partial charge in [-0.25, -0.2) is 0 Å². The summed E-state index contributed by atoms with van der Waals surface area (Å²) in [6, 6.07) is 25.7. The minimum absolute atomic E-state index is 0.00152. The average molecular weight is 485 g/mol. The maximum Gasteiger partial charge on any atom is 0.256 e. The third kappa shape index (κ3) is 5.12. The summed E-state index contributed by atoms with van der Waals surface area (Å²) in [6.07, 6.45) is -0.275. The van der Waals surface area contributed by atoms with Gasteiger partial charge in [-0.15, -0.1) is 0 Å². The molecular weight excluding hydrogens is 452 g/mol. The highest BCUT2D eigenvalue weighted by Gasteiger charge is 2.36. The molecular formula is C29H32N4O3. The van der Waals surface area contributed by atoms with Gasteiger partial charge in [0.1, 0.15) is 6.17 Å². The van der Waals surface area contributed by atoms with Crippen LogP contribution in [0.5, 0.6) is 0 Å². The number of piperazine rings is 1. The van der Waals surface area contributed by atoms with Crippen molar-refractivity contribution >= 4 is 17.5 Å². The number of rotatable bonds is 8. The number of nitrogens with one attached hydrogen (secondary N) is 1. The van der Waals surface area contributed by atoms with E-state index in [2.05, 4.69) is 34.5 Å². The largest absolute Gasteiger partial charge is 0.383 e. The van der Waals surface area contributed by atoms with Gasteiger partial charge in [0.15, 0.2) is 0 Å². The Balaban J connectivity index is 1.21. The zero-order valence-corrected chi connectivity index (χ0v) is 20.6. The van der Waals surface area contributed by atoms with Crippen molar-refractivity contribution < 1.29 is 14.3 Å². The molecule has 36 heavy (non-hydrogen) atoms. The second-order valence-electron chi connectivity index (χ2n) is 9.26. The maximum atomic E-state index is 13.1. The summed E-state index contributed by atoms with van der Waals surface area (Å²) in [7, 11) is 1.63. The summed E-state index contributed by atoms with van der Waals surface area (Å²) in [6.45, 7) is 5.05. The van der Waals surface area contributed by atoms with Crippen molar-refractivity contribution in [2.75, 3.05) is 51.8 Å². The third-order valence-electron chi connectivity index (χ3n) is 6.94. The van der Waals surface area contributed by atoms with E-state index in [4.69, 9.17) is 4.74 Å². The lowest BCUT2D eigenvalue weighted by Crippen LogP contribution is -2.48. The summed E-state index contributed by atoms with van der Waals surface area (Å²) in [5.41, 5.74) is 4.50. The Morgan fingerprint density at radius 1 is 0.917 bits per heavy atom. The van der Waals surface area contributed by atoms with Gasteiger partial charge in [-0.05, 0) is 35.9 Å². The van der Waals surface area contributed by atoms with Crippen LogP contribution in [0.2, 0.25) is 0 Å². The number of carbonyl (C=O) groups excluding carboxylic acids is 2. The summed E-state index contributed by atoms with van der Waals surface area (Å²) < 4.78 is 5.22. The quantitative estimate of drug-likeness (QED) is 0.526. The lowest BCUT2D eigenvalue weighted by Gasteiger charge is -2.34. The van der Waals surface area contributed by atoms with Crippen LogP contribution in [0.4, 0.5) is 5.69 Å². The van der Waals surface area contributed by atoms with Crippen molar-refractivity contribution in [1.29, 1.82) is 0 Å². The van der Waals surface area contributed by atoms with Crippen LogP contribution in [0.25, 0.3) is 0 Å². The molecule has 0 radical (unpaired) electrons. The molecule has 2 heterocycles. The van der Waals surface area contributed by atoms with Crippen molar-refractivity contribution in [2.24, 2.45) is 0 Å². The van der Waals surface area contributed by atoms with Gasteiger partial charge in [-0.1, -0.05) is 48.5 Å². The second kappa shape index (κ2) is 10.9. The number of fused-ring (bicyclic) bond motifs is 1. The molecule has 1 atom stereocenters. The van der Waals surface area contributed by atoms with E-state index in [9.17, 15) is 9.59 Å². The summed E-state index contributed by atoms with van der Waals surface area (Å²) in [4.78, 5) is 32.2. The van der Waals surface area contributed by atoms with Crippen LogP contribution in [-0.2, 0) is 11.3 Å². The smallest absolute Gasteiger partial charge is 0.256 e. The standard InChI is InChI=1S/C29H32N4O3/c1-36-20-19-33-27(25-9-5-6-10-26(25)29(33)35)30-24-13-11-23(12-14-24)28(34)32-17-15-31(16-18-32)21-22-7-3-2-4-8-22/h2-14,27,30H,15-21H2,1H3. The Hall–Kier alpha value is -3.68. The number of methoxy groups -OCH3 is 1. The van der Waals surface area contributed by atoms with Crippen LogP contribution in [-0.4, -0.2) is 73.0 Å². The highest BCUT2D eigenvalue weighted by molar-refractivity contribution is 5.99. The normalized spacial score (nSPS) is 17.8. The molecule has 1 saturated heterocycles. The number of benzene rings is 3. The van der Waals surface area contributed by atoms with E-state index in [1.54, 1.807) is 12.0 Å². The molecule has 2 aliphatic rings. The van der Waals surface area contributed by atoms with Gasteiger partial charge in [0.05, 0.1) is 6.61 Å². The molecule has 0 aliphatic carbocycles. The summed E-state index contributed by atoms with van der Waals surface area (Å²) in [5.74, 6) is 0.0578. The molecule has 1 unspecified atom stereocenters. The number of carbonyl (C=O) groups is 2. The van der Waals surface area contributed by atoms with E-state index >= 15 is 0 Å². The fraction of sp³-hybridized carbons (Fsp3) is 0.310. The molecule has 5 rings (SSSR count). The first-order valence-corrected chi connectivity index (χ1v) is 12.4. The molecule has 0 aromatic heterocycles. The van der Waals surface area contributed by atoms with Crippen LogP contribution in [0.1, 0.15) is 38.0 Å². The number of hydrogen-bond donors (Lipinski definition) is 1. The minimum atomic E-state index is -0.275. The van der Waals surface area contributed by atoms with Gasteiger partial charge in [0.25, 0.3) is 11.8 Å². The highest BCUT2D eigenvalue weighted by atomic mass is 16.5. The van der Waals surface area contributed by atoms with Crippen molar-refractivity contribution in [2.45, 2.75) is 12.7 Å². The Kier molecular flexibility index (Phi) is 7.30. The number of amides is 2. The fourth-order valence-electron chi connectivity index (χ4n) is 4.95. The molecule has 7 heteroatoms. The number of anilines is 1. The molecule has 1 N–H and O–H groups in total. The molecule has 7 nitrogen and oxygen atoms in total. The molecule has 0 saturated carbocycles. The zero-order valence-electron chi connectivity index (χ0n) is 20.6. The highest BCUT2D eigenvalue weighted by Crippen LogP contribution is 2.34. The van der Waals surface area contributed by atoms with Crippen molar-refractivity contribution in [3.63, 3.8) is 0 Å². The molecule has 3 aromatic carbocycles. The van der Waals surface area contributed by atoms with E-state index in [0.29, 0.717) is 24.3 Å². The Morgan fingerprint density at radius 2 is 1.61 bits per heavy atom. The summed E-state index contributed by atoms with van der Waals surface area (Å²) >= 11 is 0. The van der Waals surface area contributed by atoms with E-state index in [1.165, 1.54) is 5.56 Å². The Labute approximate surface area is 212 Å². The van der Waals surface area contributed by atoms with Crippen LogP contribution >= 0.6 is 0 Å². The van der Waals surface area contributed by atoms with Crippen LogP contribution in [0.15, 0.2) is 78.9 Å². The number of hydrogen-bond acceptors (Lipinski definition) is 5. The summed E-state index contributed by atoms with van der Waals surface area (Å²) in [5, 5.41) is 3.48. The Bertz CT molecular complexity index is 1190. The van der Waals surface area contributed by atoms with Crippen LogP contribution in [0, 0.1) is 0 Å². The van der Waals surface area contributed by atoms with E-state index in [1.807, 2.05) is 59.5 Å². The predicted octanol–water partition coefficient (Wildman–Crippen LogP) is 3.86. The number of ether oxygens (including phenoxy) is 1. The SMILES string of the molecule is COCCN1C(=O)c2ccccc2C1Nc1ccc(C(=O)N2CCN(Cc3ccccc3)CC2)cc1. The van der Waals surface area contributed by atoms with E-state index in [-0.39, 0.29) is 18.0 Å². The first-order valence-electron chi connectivity index (χ1n) is 12.4. The lowest BCUT2D eigenvalue weighted by atomic mass is 10.1. The monoisotopic (exact) mass is 484 g/mol. The topological polar surface area (TPSA) is 65.1 Å². The van der Waals surface area contributed by atoms with Gasteiger partial charge in [0.2, 0.25) is 0 Å². The lowest BCUT2D eigenvalue weighted by molar-refractivity contribution is 0.0628. The molecule has 3 aromatic rings. The van der Waals surface area contributed by atoms with Crippen molar-refractivity contribution in [3.8, 4) is 0 Å². The van der Waals surface area contributed by atoms with Crippen LogP contribution in [0.3, 0.4) is 0 Å². The molecule has 2 amide bonds. The number of nitrogens with zero attached hydrogens (tertiary/aromatic N) is 3. The molecule has 186 valence electrons. The first kappa shape index (κ1) is 24.0. The first-order chi connectivity index (χ1) is 17.6. The fourth-order valence-corrected chi connectivity index (χ4v) is 4.95. The second-order valence-corrected chi connectivity index (χ2v) is 9.26. The van der Waals surface area contributed by atoms with Gasteiger partial charge >= 0.3 is 0 Å². The molecule has 0 spiro atoms. The van der Waals surface area contributed by atoms with E-state index in [0.717, 1.165) is 44.0 Å². The van der Waals surface area contributed by atoms with Gasteiger partial charge in [-0.2, -0.15) is 0 Å². The zero-order chi connectivity index (χ0) is 24.9. The predicted molar refractivity (Wildman–Crippen MR) is 140 cm³/mol. The minimum Gasteiger partial charge on any atom is -0.383 e.